The van der Waals surface area contributed by atoms with E-state index in [2.05, 4.69) is 22.1 Å². The second-order valence-electron chi connectivity index (χ2n) is 9.01. The molecule has 2 aromatic carbocycles. The second kappa shape index (κ2) is 11.5. The number of benzene rings is 2. The highest BCUT2D eigenvalue weighted by Crippen LogP contribution is 2.29. The van der Waals surface area contributed by atoms with Gasteiger partial charge in [-0.15, -0.1) is 0 Å². The van der Waals surface area contributed by atoms with Crippen LogP contribution in [0.25, 0.3) is 0 Å². The number of halogens is 1. The molecule has 2 heterocycles. The lowest BCUT2D eigenvalue weighted by atomic mass is 9.95. The molecular weight excluding hydrogens is 433 g/mol. The van der Waals surface area contributed by atoms with E-state index in [9.17, 15) is 4.39 Å². The van der Waals surface area contributed by atoms with Crippen LogP contribution in [0, 0.1) is 12.7 Å². The molecule has 6 nitrogen and oxygen atoms in total. The molecule has 182 valence electrons. The van der Waals surface area contributed by atoms with Gasteiger partial charge >= 0.3 is 0 Å². The molecule has 0 radical (unpaired) electrons. The van der Waals surface area contributed by atoms with Crippen LogP contribution >= 0.6 is 0 Å². The van der Waals surface area contributed by atoms with Crippen molar-refractivity contribution in [3.8, 4) is 11.5 Å². The summed E-state index contributed by atoms with van der Waals surface area (Å²) in [6, 6.07) is 14.8. The van der Waals surface area contributed by atoms with Gasteiger partial charge in [-0.2, -0.15) is 5.10 Å². The van der Waals surface area contributed by atoms with Gasteiger partial charge in [0.2, 0.25) is 0 Å². The second-order valence-corrected chi connectivity index (χ2v) is 9.01. The van der Waals surface area contributed by atoms with Gasteiger partial charge in [0.1, 0.15) is 24.6 Å². The maximum Gasteiger partial charge on any atom is 0.165 e. The topological polar surface area (TPSA) is 48.8 Å². The molecule has 3 aromatic rings. The predicted molar refractivity (Wildman–Crippen MR) is 130 cm³/mol. The summed E-state index contributed by atoms with van der Waals surface area (Å²) in [5.74, 6) is 0.808. The highest BCUT2D eigenvalue weighted by Gasteiger charge is 2.33. The third-order valence-corrected chi connectivity index (χ3v) is 6.43. The first-order valence-electron chi connectivity index (χ1n) is 11.9. The molecule has 1 aromatic heterocycles. The quantitative estimate of drug-likeness (QED) is 0.426. The number of nitrogens with zero attached hydrogens (tertiary/aromatic N) is 3. The fraction of sp³-hybridized carbons (Fsp3) is 0.444. The van der Waals surface area contributed by atoms with Crippen molar-refractivity contribution in [1.82, 2.24) is 14.7 Å². The van der Waals surface area contributed by atoms with Crippen LogP contribution in [0.15, 0.2) is 60.9 Å². The number of hydrogen-bond acceptors (Lipinski definition) is 5. The van der Waals surface area contributed by atoms with E-state index < -0.39 is 5.60 Å². The first-order valence-corrected chi connectivity index (χ1v) is 11.9. The van der Waals surface area contributed by atoms with Gasteiger partial charge in [-0.3, -0.25) is 9.58 Å². The number of aromatic nitrogens is 2. The fourth-order valence-corrected chi connectivity index (χ4v) is 4.36. The standard InChI is InChI=1S/C27H34FN3O3/c1-22-18-29-31(19-22)16-17-33-24-10-8-23(9-11-24)20-30-14-5-12-27(32-2,13-15-30)21-34-26-7-4-3-6-25(26)28/h3-4,6-11,18-19H,5,12-17,20-21H2,1-2H3. The maximum absolute atomic E-state index is 13.9. The third kappa shape index (κ3) is 6.58. The van der Waals surface area contributed by atoms with Crippen molar-refractivity contribution in [2.24, 2.45) is 0 Å². The van der Waals surface area contributed by atoms with Crippen molar-refractivity contribution in [3.63, 3.8) is 0 Å². The van der Waals surface area contributed by atoms with Crippen LogP contribution in [-0.4, -0.2) is 53.7 Å². The Bertz CT molecular complexity index is 1040. The van der Waals surface area contributed by atoms with Crippen molar-refractivity contribution in [2.75, 3.05) is 33.4 Å². The van der Waals surface area contributed by atoms with Crippen LogP contribution in [0.3, 0.4) is 0 Å². The van der Waals surface area contributed by atoms with Crippen LogP contribution in [0.5, 0.6) is 11.5 Å². The number of para-hydroxylation sites is 1. The van der Waals surface area contributed by atoms with E-state index in [1.54, 1.807) is 25.3 Å². The summed E-state index contributed by atoms with van der Waals surface area (Å²) in [5.41, 5.74) is 2.00. The number of methoxy groups -OCH3 is 1. The summed E-state index contributed by atoms with van der Waals surface area (Å²) in [6.45, 7) is 6.46. The summed E-state index contributed by atoms with van der Waals surface area (Å²) in [7, 11) is 1.73. The van der Waals surface area contributed by atoms with Crippen molar-refractivity contribution in [2.45, 2.75) is 44.9 Å². The van der Waals surface area contributed by atoms with Gasteiger partial charge in [0.25, 0.3) is 0 Å². The van der Waals surface area contributed by atoms with Gasteiger partial charge in [0.15, 0.2) is 11.6 Å². The molecule has 1 aliphatic heterocycles. The van der Waals surface area contributed by atoms with Gasteiger partial charge in [-0.25, -0.2) is 4.39 Å². The molecule has 1 unspecified atom stereocenters. The lowest BCUT2D eigenvalue weighted by molar-refractivity contribution is -0.0548. The normalized spacial score (nSPS) is 19.0. The van der Waals surface area contributed by atoms with Crippen LogP contribution in [0.4, 0.5) is 4.39 Å². The first kappa shape index (κ1) is 24.2. The molecule has 1 fully saturated rings. The van der Waals surface area contributed by atoms with E-state index in [1.807, 2.05) is 36.1 Å². The van der Waals surface area contributed by atoms with E-state index in [-0.39, 0.29) is 11.6 Å². The molecular formula is C27H34FN3O3. The molecule has 0 spiro atoms. The summed E-state index contributed by atoms with van der Waals surface area (Å²) in [4.78, 5) is 2.44. The van der Waals surface area contributed by atoms with Gasteiger partial charge in [0, 0.05) is 26.4 Å². The Balaban J connectivity index is 1.25. The summed E-state index contributed by atoms with van der Waals surface area (Å²) in [5, 5.41) is 4.28. The average Bonchev–Trinajstić information content (AvgIpc) is 3.16. The van der Waals surface area contributed by atoms with Crippen LogP contribution in [-0.2, 0) is 17.8 Å². The average molecular weight is 468 g/mol. The molecule has 1 aliphatic rings. The highest BCUT2D eigenvalue weighted by atomic mass is 19.1. The van der Waals surface area contributed by atoms with Gasteiger partial charge in [0.05, 0.1) is 12.7 Å². The Kier molecular flexibility index (Phi) is 8.19. The third-order valence-electron chi connectivity index (χ3n) is 6.43. The van der Waals surface area contributed by atoms with E-state index in [1.165, 1.54) is 11.6 Å². The van der Waals surface area contributed by atoms with Gasteiger partial charge in [-0.05, 0) is 68.1 Å². The zero-order valence-corrected chi connectivity index (χ0v) is 20.1. The van der Waals surface area contributed by atoms with Crippen molar-refractivity contribution < 1.29 is 18.6 Å². The molecule has 0 saturated carbocycles. The monoisotopic (exact) mass is 467 g/mol. The van der Waals surface area contributed by atoms with E-state index in [0.29, 0.717) is 13.2 Å². The highest BCUT2D eigenvalue weighted by molar-refractivity contribution is 5.27. The molecule has 0 bridgehead atoms. The summed E-state index contributed by atoms with van der Waals surface area (Å²) < 4.78 is 33.4. The zero-order chi connectivity index (χ0) is 23.8. The summed E-state index contributed by atoms with van der Waals surface area (Å²) >= 11 is 0. The van der Waals surface area contributed by atoms with Gasteiger partial charge < -0.3 is 14.2 Å². The molecule has 0 N–H and O–H groups in total. The van der Waals surface area contributed by atoms with Crippen LogP contribution in [0.2, 0.25) is 0 Å². The van der Waals surface area contributed by atoms with E-state index in [0.717, 1.165) is 56.8 Å². The Labute approximate surface area is 201 Å². The van der Waals surface area contributed by atoms with E-state index in [4.69, 9.17) is 14.2 Å². The zero-order valence-electron chi connectivity index (χ0n) is 20.1. The number of likely N-dealkylation sites (tertiary alicyclic amines) is 1. The number of rotatable bonds is 10. The molecule has 1 atom stereocenters. The lowest BCUT2D eigenvalue weighted by Crippen LogP contribution is -2.39. The Morgan fingerprint density at radius 2 is 1.85 bits per heavy atom. The number of hydrogen-bond donors (Lipinski definition) is 0. The Hall–Kier alpha value is -2.90. The molecule has 34 heavy (non-hydrogen) atoms. The SMILES string of the molecule is COC1(COc2ccccc2F)CCCN(Cc2ccc(OCCn3cc(C)cn3)cc2)CC1. The van der Waals surface area contributed by atoms with Crippen molar-refractivity contribution in [3.05, 3.63) is 77.9 Å². The fourth-order valence-electron chi connectivity index (χ4n) is 4.36. The minimum atomic E-state index is -0.401. The maximum atomic E-state index is 13.9. The number of ether oxygens (including phenoxy) is 3. The van der Waals surface area contributed by atoms with Crippen LogP contribution < -0.4 is 9.47 Å². The van der Waals surface area contributed by atoms with Crippen molar-refractivity contribution in [1.29, 1.82) is 0 Å². The van der Waals surface area contributed by atoms with Crippen molar-refractivity contribution >= 4 is 0 Å². The number of aryl methyl sites for hydroxylation is 1. The molecule has 1 saturated heterocycles. The molecule has 0 aliphatic carbocycles. The predicted octanol–water partition coefficient (Wildman–Crippen LogP) is 4.86. The molecule has 0 amide bonds. The largest absolute Gasteiger partial charge is 0.492 e. The Morgan fingerprint density at radius 3 is 2.59 bits per heavy atom. The molecule has 7 heteroatoms. The smallest absolute Gasteiger partial charge is 0.165 e. The Morgan fingerprint density at radius 1 is 1.03 bits per heavy atom. The van der Waals surface area contributed by atoms with Gasteiger partial charge in [-0.1, -0.05) is 24.3 Å². The lowest BCUT2D eigenvalue weighted by Gasteiger charge is -2.31. The minimum Gasteiger partial charge on any atom is -0.492 e. The first-order chi connectivity index (χ1) is 16.5. The minimum absolute atomic E-state index is 0.280. The summed E-state index contributed by atoms with van der Waals surface area (Å²) in [6.07, 6.45) is 6.59. The van der Waals surface area contributed by atoms with E-state index >= 15 is 0 Å². The molecule has 4 rings (SSSR count). The van der Waals surface area contributed by atoms with Crippen LogP contribution in [0.1, 0.15) is 30.4 Å².